The van der Waals surface area contributed by atoms with E-state index in [0.29, 0.717) is 12.8 Å². The zero-order valence-electron chi connectivity index (χ0n) is 10.8. The van der Waals surface area contributed by atoms with Gasteiger partial charge in [0.05, 0.1) is 0 Å². The van der Waals surface area contributed by atoms with E-state index in [-0.39, 0.29) is 5.92 Å². The fraction of sp³-hybridized carbons (Fsp3) is 0.333. The van der Waals surface area contributed by atoms with Crippen molar-refractivity contribution in [2.24, 2.45) is 11.8 Å². The average molecular weight is 273 g/mol. The van der Waals surface area contributed by atoms with Crippen molar-refractivity contribution in [3.8, 4) is 0 Å². The third-order valence-corrected chi connectivity index (χ3v) is 4.14. The van der Waals surface area contributed by atoms with E-state index in [1.807, 2.05) is 24.3 Å². The molecule has 0 radical (unpaired) electrons. The number of aryl methyl sites for hydroxylation is 1. The maximum atomic E-state index is 11.1. The Bertz CT molecular complexity index is 674. The number of carboxylic acid groups (broad SMARTS) is 2. The number of benzene rings is 1. The zero-order valence-corrected chi connectivity index (χ0v) is 10.8. The molecule has 0 saturated heterocycles. The van der Waals surface area contributed by atoms with Crippen LogP contribution in [0.3, 0.4) is 0 Å². The van der Waals surface area contributed by atoms with Crippen LogP contribution in [0.1, 0.15) is 17.7 Å². The van der Waals surface area contributed by atoms with Crippen molar-refractivity contribution in [2.75, 3.05) is 0 Å². The first-order valence-electron chi connectivity index (χ1n) is 6.62. The van der Waals surface area contributed by atoms with E-state index in [2.05, 4.69) is 4.98 Å². The van der Waals surface area contributed by atoms with Gasteiger partial charge in [-0.25, -0.2) is 0 Å². The number of aromatic amines is 1. The van der Waals surface area contributed by atoms with Gasteiger partial charge in [-0.1, -0.05) is 18.2 Å². The van der Waals surface area contributed by atoms with Gasteiger partial charge in [0.25, 0.3) is 0 Å². The maximum Gasteiger partial charge on any atom is 0.318 e. The molecular formula is C15H15NO4. The first kappa shape index (κ1) is 12.7. The summed E-state index contributed by atoms with van der Waals surface area (Å²) in [6.07, 6.45) is 1.80. The van der Waals surface area contributed by atoms with E-state index >= 15 is 0 Å². The van der Waals surface area contributed by atoms with E-state index in [9.17, 15) is 9.59 Å². The molecule has 1 heterocycles. The van der Waals surface area contributed by atoms with Crippen molar-refractivity contribution in [3.63, 3.8) is 0 Å². The zero-order chi connectivity index (χ0) is 14.3. The topological polar surface area (TPSA) is 90.4 Å². The van der Waals surface area contributed by atoms with Crippen molar-refractivity contribution < 1.29 is 19.8 Å². The molecule has 0 saturated carbocycles. The summed E-state index contributed by atoms with van der Waals surface area (Å²) in [5.41, 5.74) is 3.21. The highest BCUT2D eigenvalue weighted by atomic mass is 16.4. The summed E-state index contributed by atoms with van der Waals surface area (Å²) < 4.78 is 0. The number of aromatic nitrogens is 1. The summed E-state index contributed by atoms with van der Waals surface area (Å²) in [4.78, 5) is 25.6. The number of nitrogens with one attached hydrogen (secondary N) is 1. The third kappa shape index (κ3) is 1.95. The Hall–Kier alpha value is -2.30. The summed E-state index contributed by atoms with van der Waals surface area (Å²) in [7, 11) is 0. The first-order chi connectivity index (χ1) is 9.58. The molecule has 5 nitrogen and oxygen atoms in total. The van der Waals surface area contributed by atoms with Crippen LogP contribution < -0.4 is 0 Å². The van der Waals surface area contributed by atoms with Crippen LogP contribution >= 0.6 is 0 Å². The molecule has 0 fully saturated rings. The van der Waals surface area contributed by atoms with E-state index < -0.39 is 17.9 Å². The number of carbonyl (C=O) groups is 2. The number of carboxylic acids is 2. The summed E-state index contributed by atoms with van der Waals surface area (Å²) in [5, 5.41) is 19.3. The summed E-state index contributed by atoms with van der Waals surface area (Å²) in [6, 6.07) is 7.93. The van der Waals surface area contributed by atoms with Gasteiger partial charge in [0, 0.05) is 16.6 Å². The molecule has 1 aliphatic rings. The molecule has 104 valence electrons. The molecule has 0 bridgehead atoms. The van der Waals surface area contributed by atoms with Crippen LogP contribution in [0, 0.1) is 11.8 Å². The highest BCUT2D eigenvalue weighted by Crippen LogP contribution is 2.34. The predicted octanol–water partition coefficient (Wildman–Crippen LogP) is 2.06. The van der Waals surface area contributed by atoms with Crippen molar-refractivity contribution in [2.45, 2.75) is 19.3 Å². The van der Waals surface area contributed by atoms with Gasteiger partial charge in [-0.2, -0.15) is 0 Å². The monoisotopic (exact) mass is 273 g/mol. The van der Waals surface area contributed by atoms with Gasteiger partial charge in [0.1, 0.15) is 0 Å². The maximum absolute atomic E-state index is 11.1. The number of fused-ring (bicyclic) bond motifs is 3. The van der Waals surface area contributed by atoms with E-state index in [4.69, 9.17) is 10.2 Å². The quantitative estimate of drug-likeness (QED) is 0.746. The molecule has 3 N–H and O–H groups in total. The summed E-state index contributed by atoms with van der Waals surface area (Å²) >= 11 is 0. The van der Waals surface area contributed by atoms with E-state index in [1.54, 1.807) is 0 Å². The third-order valence-electron chi connectivity index (χ3n) is 4.14. The van der Waals surface area contributed by atoms with Gasteiger partial charge in [0.15, 0.2) is 5.92 Å². The van der Waals surface area contributed by atoms with Crippen LogP contribution in [0.5, 0.6) is 0 Å². The Balaban J connectivity index is 1.96. The van der Waals surface area contributed by atoms with Crippen LogP contribution in [0.2, 0.25) is 0 Å². The smallest absolute Gasteiger partial charge is 0.318 e. The van der Waals surface area contributed by atoms with Crippen LogP contribution in [0.25, 0.3) is 10.9 Å². The number of hydrogen-bond acceptors (Lipinski definition) is 2. The predicted molar refractivity (Wildman–Crippen MR) is 72.6 cm³/mol. The number of hydrogen-bond donors (Lipinski definition) is 3. The van der Waals surface area contributed by atoms with Crippen molar-refractivity contribution >= 4 is 22.8 Å². The largest absolute Gasteiger partial charge is 0.481 e. The van der Waals surface area contributed by atoms with Crippen LogP contribution in [-0.4, -0.2) is 27.1 Å². The SMILES string of the molecule is O=C(O)C(C(=O)O)[C@H]1CCc2c([nH]c3ccccc23)C1. The minimum Gasteiger partial charge on any atom is -0.481 e. The Morgan fingerprint density at radius 1 is 1.20 bits per heavy atom. The molecule has 0 aliphatic heterocycles. The number of rotatable bonds is 3. The standard InChI is InChI=1S/C15H15NO4/c17-14(18)13(15(19)20)8-5-6-10-9-3-1-2-4-11(9)16-12(10)7-8/h1-4,8,13,16H,5-7H2,(H,17,18)(H,19,20)/t8-/m0/s1. The van der Waals surface area contributed by atoms with Gasteiger partial charge in [-0.05, 0) is 36.8 Å². The average Bonchev–Trinajstić information content (AvgIpc) is 2.75. The molecule has 0 spiro atoms. The second-order valence-corrected chi connectivity index (χ2v) is 5.28. The lowest BCUT2D eigenvalue weighted by molar-refractivity contribution is -0.157. The lowest BCUT2D eigenvalue weighted by Crippen LogP contribution is -2.34. The molecule has 1 aromatic carbocycles. The highest BCUT2D eigenvalue weighted by Gasteiger charge is 2.37. The Labute approximate surface area is 115 Å². The first-order valence-corrected chi connectivity index (χ1v) is 6.62. The molecule has 0 unspecified atom stereocenters. The van der Waals surface area contributed by atoms with Crippen molar-refractivity contribution in [1.29, 1.82) is 0 Å². The molecule has 1 aromatic heterocycles. The molecule has 0 amide bonds. The number of aliphatic carboxylic acids is 2. The Kier molecular flexibility index (Phi) is 2.97. The van der Waals surface area contributed by atoms with Gasteiger partial charge in [-0.3, -0.25) is 9.59 Å². The number of H-pyrrole nitrogens is 1. The van der Waals surface area contributed by atoms with Crippen LogP contribution in [0.4, 0.5) is 0 Å². The molecule has 1 aliphatic carbocycles. The Morgan fingerprint density at radius 3 is 2.60 bits per heavy atom. The van der Waals surface area contributed by atoms with E-state index in [1.165, 1.54) is 5.56 Å². The molecular weight excluding hydrogens is 258 g/mol. The van der Waals surface area contributed by atoms with Crippen molar-refractivity contribution in [3.05, 3.63) is 35.5 Å². The Morgan fingerprint density at radius 2 is 1.90 bits per heavy atom. The highest BCUT2D eigenvalue weighted by molar-refractivity contribution is 5.93. The molecule has 20 heavy (non-hydrogen) atoms. The van der Waals surface area contributed by atoms with Gasteiger partial charge >= 0.3 is 11.9 Å². The normalized spacial score (nSPS) is 18.1. The summed E-state index contributed by atoms with van der Waals surface area (Å²) in [5.74, 6) is -4.18. The second-order valence-electron chi connectivity index (χ2n) is 5.28. The molecule has 1 atom stereocenters. The fourth-order valence-corrected chi connectivity index (χ4v) is 3.20. The molecule has 2 aromatic rings. The molecule has 3 rings (SSSR count). The fourth-order valence-electron chi connectivity index (χ4n) is 3.20. The lowest BCUT2D eigenvalue weighted by atomic mass is 9.79. The van der Waals surface area contributed by atoms with Gasteiger partial charge in [-0.15, -0.1) is 0 Å². The lowest BCUT2D eigenvalue weighted by Gasteiger charge is -2.25. The van der Waals surface area contributed by atoms with Gasteiger partial charge < -0.3 is 15.2 Å². The minimum absolute atomic E-state index is 0.356. The second kappa shape index (κ2) is 4.67. The van der Waals surface area contributed by atoms with Gasteiger partial charge in [0.2, 0.25) is 0 Å². The van der Waals surface area contributed by atoms with E-state index in [0.717, 1.165) is 23.0 Å². The van der Waals surface area contributed by atoms with Crippen LogP contribution in [-0.2, 0) is 22.4 Å². The summed E-state index contributed by atoms with van der Waals surface area (Å²) in [6.45, 7) is 0. The molecule has 5 heteroatoms. The van der Waals surface area contributed by atoms with Crippen molar-refractivity contribution in [1.82, 2.24) is 4.98 Å². The van der Waals surface area contributed by atoms with Crippen LogP contribution in [0.15, 0.2) is 24.3 Å². The minimum atomic E-state index is -1.32. The number of para-hydroxylation sites is 1.